The molecule has 2 heteroatoms. The highest BCUT2D eigenvalue weighted by Crippen LogP contribution is 2.31. The number of rotatable bonds is 5. The van der Waals surface area contributed by atoms with Crippen LogP contribution in [0.4, 0.5) is 0 Å². The van der Waals surface area contributed by atoms with Gasteiger partial charge in [0.1, 0.15) is 0 Å². The van der Waals surface area contributed by atoms with E-state index in [0.717, 1.165) is 18.3 Å². The first kappa shape index (κ1) is 13.0. The molecule has 0 aromatic rings. The summed E-state index contributed by atoms with van der Waals surface area (Å²) in [5.41, 5.74) is 0. The van der Waals surface area contributed by atoms with E-state index in [1.807, 2.05) is 0 Å². The van der Waals surface area contributed by atoms with Crippen molar-refractivity contribution in [2.45, 2.75) is 58.1 Å². The highest BCUT2D eigenvalue weighted by atomic mass is 16.5. The molecule has 1 aliphatic carbocycles. The Hall–Kier alpha value is -0.0800. The minimum Gasteiger partial charge on any atom is -0.382 e. The molecule has 1 fully saturated rings. The largest absolute Gasteiger partial charge is 0.382 e. The molecule has 0 saturated heterocycles. The molecule has 1 rings (SSSR count). The molecular weight excluding hydrogens is 186 g/mol. The molecule has 1 N–H and O–H groups in total. The van der Waals surface area contributed by atoms with E-state index in [1.165, 1.54) is 25.7 Å². The lowest BCUT2D eigenvalue weighted by molar-refractivity contribution is 0.0866. The van der Waals surface area contributed by atoms with Crippen LogP contribution in [0.3, 0.4) is 0 Å². The first-order valence-electron chi connectivity index (χ1n) is 6.37. The minimum absolute atomic E-state index is 0.377. The van der Waals surface area contributed by atoms with Crippen molar-refractivity contribution in [2.24, 2.45) is 11.8 Å². The van der Waals surface area contributed by atoms with E-state index < -0.39 is 0 Å². The predicted molar refractivity (Wildman–Crippen MR) is 65.1 cm³/mol. The summed E-state index contributed by atoms with van der Waals surface area (Å²) in [4.78, 5) is 0. The van der Waals surface area contributed by atoms with Crippen LogP contribution in [0.25, 0.3) is 0 Å². The maximum Gasteiger partial charge on any atom is 0.0558 e. The van der Waals surface area contributed by atoms with E-state index in [-0.39, 0.29) is 0 Å². The topological polar surface area (TPSA) is 21.3 Å². The van der Waals surface area contributed by atoms with Crippen LogP contribution in [0.2, 0.25) is 0 Å². The second-order valence-electron chi connectivity index (χ2n) is 5.20. The van der Waals surface area contributed by atoms with E-state index in [0.29, 0.717) is 12.1 Å². The molecule has 15 heavy (non-hydrogen) atoms. The zero-order valence-corrected chi connectivity index (χ0v) is 10.8. The average molecular weight is 213 g/mol. The molecule has 2 unspecified atom stereocenters. The summed E-state index contributed by atoms with van der Waals surface area (Å²) < 4.78 is 5.35. The fourth-order valence-corrected chi connectivity index (χ4v) is 2.69. The van der Waals surface area contributed by atoms with Crippen LogP contribution in [0.5, 0.6) is 0 Å². The second kappa shape index (κ2) is 6.49. The number of hydrogen-bond donors (Lipinski definition) is 1. The van der Waals surface area contributed by atoms with Gasteiger partial charge >= 0.3 is 0 Å². The SMILES string of the molecule is CNC(CC(C)OC)C1CCC(C)CC1. The third kappa shape index (κ3) is 4.12. The van der Waals surface area contributed by atoms with Gasteiger partial charge in [0.2, 0.25) is 0 Å². The van der Waals surface area contributed by atoms with Gasteiger partial charge in [0, 0.05) is 13.2 Å². The highest BCUT2D eigenvalue weighted by Gasteiger charge is 2.26. The summed E-state index contributed by atoms with van der Waals surface area (Å²) in [5, 5.41) is 3.47. The summed E-state index contributed by atoms with van der Waals surface area (Å²) in [7, 11) is 3.89. The van der Waals surface area contributed by atoms with Crippen LogP contribution in [-0.4, -0.2) is 26.3 Å². The van der Waals surface area contributed by atoms with Gasteiger partial charge < -0.3 is 10.1 Å². The lowest BCUT2D eigenvalue weighted by atomic mass is 9.78. The van der Waals surface area contributed by atoms with Crippen LogP contribution >= 0.6 is 0 Å². The van der Waals surface area contributed by atoms with Crippen molar-refractivity contribution in [3.8, 4) is 0 Å². The zero-order chi connectivity index (χ0) is 11.3. The average Bonchev–Trinajstić information content (AvgIpc) is 2.27. The van der Waals surface area contributed by atoms with Gasteiger partial charge in [-0.3, -0.25) is 0 Å². The van der Waals surface area contributed by atoms with Gasteiger partial charge in [-0.1, -0.05) is 19.8 Å². The van der Waals surface area contributed by atoms with Crippen molar-refractivity contribution in [2.75, 3.05) is 14.2 Å². The van der Waals surface area contributed by atoms with Gasteiger partial charge in [-0.15, -0.1) is 0 Å². The van der Waals surface area contributed by atoms with E-state index in [9.17, 15) is 0 Å². The van der Waals surface area contributed by atoms with E-state index in [4.69, 9.17) is 4.74 Å². The Morgan fingerprint density at radius 2 is 1.87 bits per heavy atom. The van der Waals surface area contributed by atoms with E-state index in [2.05, 4.69) is 26.2 Å². The Bertz CT molecular complexity index is 164. The number of ether oxygens (including phenoxy) is 1. The Morgan fingerprint density at radius 1 is 1.27 bits per heavy atom. The lowest BCUT2D eigenvalue weighted by Crippen LogP contribution is -2.38. The van der Waals surface area contributed by atoms with Crippen molar-refractivity contribution < 1.29 is 4.74 Å². The van der Waals surface area contributed by atoms with Crippen molar-refractivity contribution in [1.29, 1.82) is 0 Å². The van der Waals surface area contributed by atoms with Crippen molar-refractivity contribution >= 4 is 0 Å². The number of methoxy groups -OCH3 is 1. The van der Waals surface area contributed by atoms with Crippen LogP contribution in [0.1, 0.15) is 46.0 Å². The van der Waals surface area contributed by atoms with Gasteiger partial charge in [0.05, 0.1) is 6.10 Å². The Kier molecular flexibility index (Phi) is 5.62. The highest BCUT2D eigenvalue weighted by molar-refractivity contribution is 4.81. The van der Waals surface area contributed by atoms with Gasteiger partial charge in [0.15, 0.2) is 0 Å². The van der Waals surface area contributed by atoms with E-state index in [1.54, 1.807) is 7.11 Å². The Balaban J connectivity index is 2.37. The molecule has 0 aliphatic heterocycles. The molecule has 0 aromatic heterocycles. The predicted octanol–water partition coefficient (Wildman–Crippen LogP) is 2.83. The number of hydrogen-bond acceptors (Lipinski definition) is 2. The molecular formula is C13H27NO. The normalized spacial score (nSPS) is 31.2. The van der Waals surface area contributed by atoms with Crippen LogP contribution in [0.15, 0.2) is 0 Å². The molecule has 0 amide bonds. The monoisotopic (exact) mass is 213 g/mol. The van der Waals surface area contributed by atoms with Crippen LogP contribution in [0, 0.1) is 11.8 Å². The fourth-order valence-electron chi connectivity index (χ4n) is 2.69. The molecule has 2 nitrogen and oxygen atoms in total. The standard InChI is InChI=1S/C13H27NO/c1-10-5-7-12(8-6-10)13(14-3)9-11(2)15-4/h10-14H,5-9H2,1-4H3. The third-order valence-corrected chi connectivity index (χ3v) is 3.99. The fraction of sp³-hybridized carbons (Fsp3) is 1.00. The van der Waals surface area contributed by atoms with Crippen molar-refractivity contribution in [3.63, 3.8) is 0 Å². The van der Waals surface area contributed by atoms with Gasteiger partial charge in [-0.25, -0.2) is 0 Å². The summed E-state index contributed by atoms with van der Waals surface area (Å²) >= 11 is 0. The summed E-state index contributed by atoms with van der Waals surface area (Å²) in [5.74, 6) is 1.81. The van der Waals surface area contributed by atoms with E-state index >= 15 is 0 Å². The second-order valence-corrected chi connectivity index (χ2v) is 5.20. The van der Waals surface area contributed by atoms with Gasteiger partial charge in [-0.2, -0.15) is 0 Å². The molecule has 1 saturated carbocycles. The first-order chi connectivity index (χ1) is 7.17. The molecule has 0 bridgehead atoms. The van der Waals surface area contributed by atoms with Crippen molar-refractivity contribution in [3.05, 3.63) is 0 Å². The quantitative estimate of drug-likeness (QED) is 0.758. The smallest absolute Gasteiger partial charge is 0.0558 e. The van der Waals surface area contributed by atoms with Crippen LogP contribution in [-0.2, 0) is 4.74 Å². The maximum atomic E-state index is 5.35. The molecule has 0 aromatic carbocycles. The summed E-state index contributed by atoms with van der Waals surface area (Å²) in [6.45, 7) is 4.54. The minimum atomic E-state index is 0.377. The van der Waals surface area contributed by atoms with Gasteiger partial charge in [0.25, 0.3) is 0 Å². The molecule has 90 valence electrons. The Labute approximate surface area is 94.8 Å². The maximum absolute atomic E-state index is 5.35. The molecule has 0 radical (unpaired) electrons. The zero-order valence-electron chi connectivity index (χ0n) is 10.8. The molecule has 0 heterocycles. The molecule has 0 spiro atoms. The third-order valence-electron chi connectivity index (χ3n) is 3.99. The summed E-state index contributed by atoms with van der Waals surface area (Å²) in [6, 6.07) is 0.646. The van der Waals surface area contributed by atoms with Gasteiger partial charge in [-0.05, 0) is 45.1 Å². The Morgan fingerprint density at radius 3 is 2.33 bits per heavy atom. The van der Waals surface area contributed by atoms with Crippen LogP contribution < -0.4 is 5.32 Å². The van der Waals surface area contributed by atoms with Crippen molar-refractivity contribution in [1.82, 2.24) is 5.32 Å². The number of nitrogens with one attached hydrogen (secondary N) is 1. The lowest BCUT2D eigenvalue weighted by Gasteiger charge is -2.33. The molecule has 2 atom stereocenters. The summed E-state index contributed by atoms with van der Waals surface area (Å²) in [6.07, 6.45) is 7.12. The molecule has 1 aliphatic rings. The first-order valence-corrected chi connectivity index (χ1v) is 6.37.